The lowest BCUT2D eigenvalue weighted by Crippen LogP contribution is -2.36. The highest BCUT2D eigenvalue weighted by molar-refractivity contribution is 7.99. The van der Waals surface area contributed by atoms with Gasteiger partial charge in [-0.3, -0.25) is 9.59 Å². The van der Waals surface area contributed by atoms with E-state index in [-0.39, 0.29) is 18.0 Å². The fourth-order valence-corrected chi connectivity index (χ4v) is 9.42. The van der Waals surface area contributed by atoms with E-state index in [1.807, 2.05) is 11.8 Å². The first-order valence-corrected chi connectivity index (χ1v) is 26.5. The first-order chi connectivity index (χ1) is 28.0. The second-order valence-corrected chi connectivity index (χ2v) is 18.9. The van der Waals surface area contributed by atoms with Gasteiger partial charge in [0.2, 0.25) is 0 Å². The number of carbonyl (C=O) groups is 2. The minimum Gasteiger partial charge on any atom is -0.465 e. The topological polar surface area (TPSA) is 59.1 Å². The van der Waals surface area contributed by atoms with Gasteiger partial charge in [0.25, 0.3) is 0 Å². The van der Waals surface area contributed by atoms with Crippen molar-refractivity contribution in [3.05, 3.63) is 0 Å². The van der Waals surface area contributed by atoms with Crippen molar-refractivity contribution in [2.45, 2.75) is 246 Å². The van der Waals surface area contributed by atoms with Gasteiger partial charge >= 0.3 is 11.9 Å². The number of ether oxygens (including phenoxy) is 2. The molecule has 0 bridgehead atoms. The second kappa shape index (κ2) is 41.9. The lowest BCUT2D eigenvalue weighted by Gasteiger charge is -2.25. The van der Waals surface area contributed by atoms with Gasteiger partial charge in [-0.2, -0.15) is 11.8 Å². The zero-order valence-corrected chi connectivity index (χ0v) is 39.6. The maximum absolute atomic E-state index is 12.9. The van der Waals surface area contributed by atoms with Crippen molar-refractivity contribution in [3.8, 4) is 0 Å². The summed E-state index contributed by atoms with van der Waals surface area (Å²) in [4.78, 5) is 30.8. The molecule has 1 aliphatic heterocycles. The molecule has 57 heavy (non-hydrogen) atoms. The fourth-order valence-electron chi connectivity index (χ4n) is 8.39. The average Bonchev–Trinajstić information content (AvgIpc) is 3.74. The summed E-state index contributed by atoms with van der Waals surface area (Å²) in [5.41, 5.74) is 0. The maximum atomic E-state index is 12.9. The highest BCUT2D eigenvalue weighted by Crippen LogP contribution is 2.23. The zero-order valence-electron chi connectivity index (χ0n) is 38.8. The SMILES string of the molecule is CCCCCCCCC(CCCCCC)CSCCOC(=O)CCN(CCCCCC(=O)OC(CCCCCCCC)CCCCCCCC)CCN1CCCC1. The molecule has 0 amide bonds. The molecule has 0 aliphatic carbocycles. The second-order valence-electron chi connectivity index (χ2n) is 17.7. The Kier molecular flexibility index (Phi) is 39.9. The Labute approximate surface area is 360 Å². The zero-order chi connectivity index (χ0) is 41.3. The standard InChI is InChI=1S/C50H98N2O4S/c1-5-9-13-17-20-25-33-47(32-24-16-12-8-4)46-57-45-44-55-49(53)37-41-52(43-42-51-39-30-31-40-51)38-29-23-28-36-50(54)56-48(34-26-21-18-14-10-6-2)35-27-22-19-15-11-7-3/h47-48H,5-46H2,1-4H3. The predicted molar refractivity (Wildman–Crippen MR) is 250 cm³/mol. The van der Waals surface area contributed by atoms with Crippen LogP contribution in [0.4, 0.5) is 0 Å². The third-order valence-electron chi connectivity index (χ3n) is 12.3. The Bertz CT molecular complexity index is 853. The Morgan fingerprint density at radius 3 is 1.60 bits per heavy atom. The van der Waals surface area contributed by atoms with Crippen molar-refractivity contribution in [2.24, 2.45) is 5.92 Å². The van der Waals surface area contributed by atoms with Crippen LogP contribution in [-0.2, 0) is 19.1 Å². The molecule has 1 unspecified atom stereocenters. The molecule has 0 aromatic heterocycles. The molecule has 1 rings (SSSR count). The van der Waals surface area contributed by atoms with Crippen molar-refractivity contribution in [1.82, 2.24) is 9.80 Å². The minimum atomic E-state index is -0.0517. The summed E-state index contributed by atoms with van der Waals surface area (Å²) < 4.78 is 11.8. The number of hydrogen-bond donors (Lipinski definition) is 0. The largest absolute Gasteiger partial charge is 0.465 e. The van der Waals surface area contributed by atoms with Gasteiger partial charge in [0.1, 0.15) is 12.7 Å². The molecule has 6 nitrogen and oxygen atoms in total. The van der Waals surface area contributed by atoms with Crippen molar-refractivity contribution in [3.63, 3.8) is 0 Å². The van der Waals surface area contributed by atoms with Crippen molar-refractivity contribution in [2.75, 3.05) is 57.4 Å². The number of unbranched alkanes of at least 4 members (excludes halogenated alkanes) is 20. The number of carbonyl (C=O) groups excluding carboxylic acids is 2. The Morgan fingerprint density at radius 1 is 0.544 bits per heavy atom. The Morgan fingerprint density at radius 2 is 1.04 bits per heavy atom. The highest BCUT2D eigenvalue weighted by Gasteiger charge is 2.17. The monoisotopic (exact) mass is 823 g/mol. The van der Waals surface area contributed by atoms with E-state index in [4.69, 9.17) is 9.47 Å². The third-order valence-corrected chi connectivity index (χ3v) is 13.4. The molecule has 7 heteroatoms. The molecule has 1 saturated heterocycles. The van der Waals surface area contributed by atoms with E-state index >= 15 is 0 Å². The van der Waals surface area contributed by atoms with Crippen LogP contribution in [0, 0.1) is 5.92 Å². The summed E-state index contributed by atoms with van der Waals surface area (Å²) in [6, 6.07) is 0. The molecule has 0 aromatic carbocycles. The van der Waals surface area contributed by atoms with Crippen LogP contribution in [0.25, 0.3) is 0 Å². The molecule has 0 saturated carbocycles. The van der Waals surface area contributed by atoms with Crippen molar-refractivity contribution >= 4 is 23.7 Å². The molecule has 0 spiro atoms. The van der Waals surface area contributed by atoms with E-state index in [9.17, 15) is 9.59 Å². The summed E-state index contributed by atoms with van der Waals surface area (Å²) in [5.74, 6) is 2.88. The van der Waals surface area contributed by atoms with E-state index < -0.39 is 0 Å². The van der Waals surface area contributed by atoms with Crippen molar-refractivity contribution in [1.29, 1.82) is 0 Å². The van der Waals surface area contributed by atoms with Crippen LogP contribution in [0.2, 0.25) is 0 Å². The third kappa shape index (κ3) is 35.7. The molecule has 1 aliphatic rings. The number of rotatable bonds is 44. The van der Waals surface area contributed by atoms with Gasteiger partial charge in [0.05, 0.1) is 6.42 Å². The predicted octanol–water partition coefficient (Wildman–Crippen LogP) is 14.4. The fraction of sp³-hybridized carbons (Fsp3) is 0.960. The molecule has 1 atom stereocenters. The normalized spacial score (nSPS) is 13.9. The van der Waals surface area contributed by atoms with E-state index in [1.165, 1.54) is 186 Å². The van der Waals surface area contributed by atoms with Gasteiger partial charge in [-0.05, 0) is 95.5 Å². The Balaban J connectivity index is 2.41. The van der Waals surface area contributed by atoms with Gasteiger partial charge in [0, 0.05) is 31.8 Å². The molecule has 1 heterocycles. The van der Waals surface area contributed by atoms with E-state index in [0.717, 1.165) is 70.0 Å². The first kappa shape index (κ1) is 54.2. The summed E-state index contributed by atoms with van der Waals surface area (Å²) >= 11 is 1.99. The number of hydrogen-bond acceptors (Lipinski definition) is 7. The smallest absolute Gasteiger partial charge is 0.307 e. The lowest BCUT2D eigenvalue weighted by atomic mass is 9.96. The Hall–Kier alpha value is -0.790. The molecule has 0 N–H and O–H groups in total. The molecule has 338 valence electrons. The number of nitrogens with zero attached hydrogens (tertiary/aromatic N) is 2. The van der Waals surface area contributed by atoms with E-state index in [2.05, 4.69) is 37.5 Å². The number of likely N-dealkylation sites (tertiary alicyclic amines) is 1. The molecular formula is C50H98N2O4S. The molecular weight excluding hydrogens is 725 g/mol. The van der Waals surface area contributed by atoms with E-state index in [0.29, 0.717) is 19.4 Å². The highest BCUT2D eigenvalue weighted by atomic mass is 32.2. The van der Waals surface area contributed by atoms with Gasteiger partial charge in [-0.1, -0.05) is 163 Å². The van der Waals surface area contributed by atoms with Gasteiger partial charge in [0.15, 0.2) is 0 Å². The van der Waals surface area contributed by atoms with Crippen LogP contribution in [0.3, 0.4) is 0 Å². The minimum absolute atomic E-state index is 0.00376. The van der Waals surface area contributed by atoms with Gasteiger partial charge < -0.3 is 19.3 Å². The lowest BCUT2D eigenvalue weighted by molar-refractivity contribution is -0.150. The summed E-state index contributed by atoms with van der Waals surface area (Å²) in [5, 5.41) is 0. The molecule has 0 radical (unpaired) electrons. The number of thioether (sulfide) groups is 1. The van der Waals surface area contributed by atoms with Gasteiger partial charge in [-0.15, -0.1) is 0 Å². The van der Waals surface area contributed by atoms with Crippen LogP contribution in [-0.4, -0.2) is 85.2 Å². The molecule has 1 fully saturated rings. The van der Waals surface area contributed by atoms with Crippen LogP contribution in [0.15, 0.2) is 0 Å². The quantitative estimate of drug-likeness (QED) is 0.0448. The first-order valence-electron chi connectivity index (χ1n) is 25.4. The van der Waals surface area contributed by atoms with Crippen LogP contribution in [0.5, 0.6) is 0 Å². The average molecular weight is 823 g/mol. The van der Waals surface area contributed by atoms with Crippen molar-refractivity contribution < 1.29 is 19.1 Å². The summed E-state index contributed by atoms with van der Waals surface area (Å²) in [6.07, 6.45) is 40.4. The number of esters is 2. The molecule has 0 aromatic rings. The van der Waals surface area contributed by atoms with Gasteiger partial charge in [-0.25, -0.2) is 0 Å². The van der Waals surface area contributed by atoms with Crippen LogP contribution < -0.4 is 0 Å². The van der Waals surface area contributed by atoms with Crippen LogP contribution >= 0.6 is 11.8 Å². The maximum Gasteiger partial charge on any atom is 0.307 e. The van der Waals surface area contributed by atoms with Crippen LogP contribution in [0.1, 0.15) is 240 Å². The van der Waals surface area contributed by atoms with E-state index in [1.54, 1.807) is 0 Å². The summed E-state index contributed by atoms with van der Waals surface area (Å²) in [6.45, 7) is 15.9. The summed E-state index contributed by atoms with van der Waals surface area (Å²) in [7, 11) is 0.